The number of hydrogen-bond acceptors (Lipinski definition) is 5. The topological polar surface area (TPSA) is 101 Å². The highest BCUT2D eigenvalue weighted by atomic mass is 127. The molecule has 0 aliphatic carbocycles. The van der Waals surface area contributed by atoms with Gasteiger partial charge in [0, 0.05) is 37.2 Å². The Labute approximate surface area is 201 Å². The molecule has 0 radical (unpaired) electrons. The number of hydrogen-bond donors (Lipinski definition) is 3. The lowest BCUT2D eigenvalue weighted by Crippen LogP contribution is -2.41. The maximum atomic E-state index is 12.2. The predicted octanol–water partition coefficient (Wildman–Crippen LogP) is 3.69. The van der Waals surface area contributed by atoms with Crippen LogP contribution in [-0.4, -0.2) is 43.8 Å². The van der Waals surface area contributed by atoms with Gasteiger partial charge in [0.15, 0.2) is 11.7 Å². The number of carbonyl (C=O) groups is 1. The molecule has 0 aliphatic heterocycles. The van der Waals surface area contributed by atoms with Gasteiger partial charge in [-0.15, -0.1) is 24.0 Å². The van der Waals surface area contributed by atoms with Gasteiger partial charge in [-0.25, -0.2) is 4.99 Å². The number of methoxy groups -OCH3 is 1. The summed E-state index contributed by atoms with van der Waals surface area (Å²) in [4.78, 5) is 16.7. The van der Waals surface area contributed by atoms with Crippen molar-refractivity contribution >= 4 is 35.8 Å². The Bertz CT molecular complexity index is 804. The Morgan fingerprint density at radius 3 is 2.39 bits per heavy atom. The van der Waals surface area contributed by atoms with Crippen LogP contribution in [0, 0.1) is 0 Å². The third kappa shape index (κ3) is 8.76. The van der Waals surface area contributed by atoms with Gasteiger partial charge in [0.05, 0.1) is 12.8 Å². The summed E-state index contributed by atoms with van der Waals surface area (Å²) in [7, 11) is 1.60. The maximum Gasteiger partial charge on any atom is 0.251 e. The van der Waals surface area contributed by atoms with Crippen LogP contribution in [0.4, 0.5) is 0 Å². The van der Waals surface area contributed by atoms with Gasteiger partial charge in [0.2, 0.25) is 0 Å². The van der Waals surface area contributed by atoms with Gasteiger partial charge in [-0.3, -0.25) is 4.79 Å². The summed E-state index contributed by atoms with van der Waals surface area (Å²) >= 11 is 0. The molecule has 0 saturated heterocycles. The summed E-state index contributed by atoms with van der Waals surface area (Å²) in [5.41, 5.74) is 1.58. The number of aromatic nitrogens is 1. The van der Waals surface area contributed by atoms with Crippen LogP contribution in [0.2, 0.25) is 0 Å². The number of carbonyl (C=O) groups excluding carboxylic acids is 1. The summed E-state index contributed by atoms with van der Waals surface area (Å²) in [5, 5.41) is 13.5. The maximum absolute atomic E-state index is 12.2. The van der Waals surface area contributed by atoms with Gasteiger partial charge in [-0.2, -0.15) is 0 Å². The van der Waals surface area contributed by atoms with Gasteiger partial charge < -0.3 is 25.2 Å². The van der Waals surface area contributed by atoms with Crippen LogP contribution in [0.3, 0.4) is 0 Å². The lowest BCUT2D eigenvalue weighted by molar-refractivity contribution is 0.0954. The molecule has 0 saturated carbocycles. The molecule has 0 aliphatic rings. The van der Waals surface area contributed by atoms with E-state index in [1.807, 2.05) is 13.0 Å². The molecule has 3 N–H and O–H groups in total. The van der Waals surface area contributed by atoms with Gasteiger partial charge in [0.1, 0.15) is 12.3 Å². The number of guanidine groups is 1. The molecule has 8 nitrogen and oxygen atoms in total. The highest BCUT2D eigenvalue weighted by Gasteiger charge is 2.13. The molecule has 0 unspecified atom stereocenters. The summed E-state index contributed by atoms with van der Waals surface area (Å²) < 4.78 is 10.5. The number of nitrogens with one attached hydrogen (secondary N) is 3. The molecular formula is C22H34IN5O3. The van der Waals surface area contributed by atoms with Crippen molar-refractivity contribution < 1.29 is 14.1 Å². The molecule has 1 amide bonds. The minimum Gasteiger partial charge on any atom is -0.497 e. The largest absolute Gasteiger partial charge is 0.497 e. The molecule has 0 fully saturated rings. The molecule has 0 bridgehead atoms. The summed E-state index contributed by atoms with van der Waals surface area (Å²) in [6.07, 6.45) is 2.08. The summed E-state index contributed by atoms with van der Waals surface area (Å²) in [5.74, 6) is 2.42. The van der Waals surface area contributed by atoms with E-state index in [1.54, 1.807) is 31.4 Å². The summed E-state index contributed by atoms with van der Waals surface area (Å²) in [6.45, 7) is 8.46. The zero-order valence-electron chi connectivity index (χ0n) is 18.7. The van der Waals surface area contributed by atoms with Crippen molar-refractivity contribution in [3.05, 3.63) is 47.3 Å². The molecule has 9 heteroatoms. The second-order valence-corrected chi connectivity index (χ2v) is 6.84. The van der Waals surface area contributed by atoms with E-state index in [1.165, 1.54) is 0 Å². The van der Waals surface area contributed by atoms with Crippen LogP contribution in [0.5, 0.6) is 5.75 Å². The van der Waals surface area contributed by atoms with Gasteiger partial charge >= 0.3 is 0 Å². The van der Waals surface area contributed by atoms with Crippen molar-refractivity contribution in [1.82, 2.24) is 21.1 Å². The van der Waals surface area contributed by atoms with Gasteiger partial charge in [0.25, 0.3) is 5.91 Å². The first kappa shape index (κ1) is 26.7. The quantitative estimate of drug-likeness (QED) is 0.173. The Morgan fingerprint density at radius 1 is 1.10 bits per heavy atom. The fourth-order valence-electron chi connectivity index (χ4n) is 3.00. The zero-order chi connectivity index (χ0) is 21.8. The SMILES string of the molecule is CCNC(=NCc1cc(C(CC)CC)no1)NCCNC(=O)c1ccc(OC)cc1.I. The lowest BCUT2D eigenvalue weighted by atomic mass is 9.99. The van der Waals surface area contributed by atoms with Crippen molar-refractivity contribution in [2.45, 2.75) is 46.1 Å². The highest BCUT2D eigenvalue weighted by Crippen LogP contribution is 2.22. The van der Waals surface area contributed by atoms with E-state index in [-0.39, 0.29) is 29.9 Å². The molecule has 31 heavy (non-hydrogen) atoms. The standard InChI is InChI=1S/C22H33N5O3.HI/c1-5-16(6-2)20-14-19(30-27-20)15-26-22(23-7-3)25-13-12-24-21(28)17-8-10-18(29-4)11-9-17;/h8-11,14,16H,5-7,12-13,15H2,1-4H3,(H,24,28)(H2,23,25,26);1H. The van der Waals surface area contributed by atoms with Crippen LogP contribution in [0.25, 0.3) is 0 Å². The number of aliphatic imine (C=N–C) groups is 1. The molecule has 0 spiro atoms. The lowest BCUT2D eigenvalue weighted by Gasteiger charge is -2.11. The van der Waals surface area contributed by atoms with E-state index in [4.69, 9.17) is 9.26 Å². The number of amides is 1. The molecule has 172 valence electrons. The number of nitrogens with zero attached hydrogens (tertiary/aromatic N) is 2. The van der Waals surface area contributed by atoms with Crippen LogP contribution < -0.4 is 20.7 Å². The van der Waals surface area contributed by atoms with E-state index in [0.717, 1.165) is 36.6 Å². The van der Waals surface area contributed by atoms with Crippen LogP contribution >= 0.6 is 24.0 Å². The Balaban J connectivity index is 0.00000480. The molecule has 2 rings (SSSR count). The first-order valence-electron chi connectivity index (χ1n) is 10.5. The van der Waals surface area contributed by atoms with Crippen molar-refractivity contribution in [1.29, 1.82) is 0 Å². The third-order valence-corrected chi connectivity index (χ3v) is 4.77. The van der Waals surface area contributed by atoms with Crippen LogP contribution in [0.15, 0.2) is 39.8 Å². The number of rotatable bonds is 11. The first-order chi connectivity index (χ1) is 14.6. The van der Waals surface area contributed by atoms with E-state index in [0.29, 0.717) is 37.1 Å². The second-order valence-electron chi connectivity index (χ2n) is 6.84. The van der Waals surface area contributed by atoms with Gasteiger partial charge in [-0.1, -0.05) is 19.0 Å². The van der Waals surface area contributed by atoms with Crippen molar-refractivity contribution in [2.24, 2.45) is 4.99 Å². The first-order valence-corrected chi connectivity index (χ1v) is 10.5. The Morgan fingerprint density at radius 2 is 1.77 bits per heavy atom. The van der Waals surface area contributed by atoms with Crippen LogP contribution in [0.1, 0.15) is 61.3 Å². The molecule has 2 aromatic rings. The smallest absolute Gasteiger partial charge is 0.251 e. The Hall–Kier alpha value is -2.30. The number of ether oxygens (including phenoxy) is 1. The average molecular weight is 543 g/mol. The molecule has 1 heterocycles. The second kappa shape index (κ2) is 14.7. The third-order valence-electron chi connectivity index (χ3n) is 4.77. The summed E-state index contributed by atoms with van der Waals surface area (Å²) in [6, 6.07) is 8.99. The molecule has 0 atom stereocenters. The minimum absolute atomic E-state index is 0. The monoisotopic (exact) mass is 543 g/mol. The highest BCUT2D eigenvalue weighted by molar-refractivity contribution is 14.0. The van der Waals surface area contributed by atoms with Crippen molar-refractivity contribution in [3.63, 3.8) is 0 Å². The van der Waals surface area contributed by atoms with Crippen molar-refractivity contribution in [2.75, 3.05) is 26.7 Å². The van der Waals surface area contributed by atoms with E-state index >= 15 is 0 Å². The zero-order valence-corrected chi connectivity index (χ0v) is 21.1. The van der Waals surface area contributed by atoms with Crippen LogP contribution in [-0.2, 0) is 6.54 Å². The fourth-order valence-corrected chi connectivity index (χ4v) is 3.00. The number of halogens is 1. The van der Waals surface area contributed by atoms with E-state index in [2.05, 4.69) is 39.9 Å². The van der Waals surface area contributed by atoms with E-state index < -0.39 is 0 Å². The predicted molar refractivity (Wildman–Crippen MR) is 133 cm³/mol. The minimum atomic E-state index is -0.128. The fraction of sp³-hybridized carbons (Fsp3) is 0.500. The average Bonchev–Trinajstić information content (AvgIpc) is 3.24. The normalized spacial score (nSPS) is 11.1. The Kier molecular flexibility index (Phi) is 12.6. The number of benzene rings is 1. The molecule has 1 aromatic heterocycles. The molecular weight excluding hydrogens is 509 g/mol. The van der Waals surface area contributed by atoms with E-state index in [9.17, 15) is 4.79 Å². The van der Waals surface area contributed by atoms with Gasteiger partial charge in [-0.05, 0) is 44.0 Å². The van der Waals surface area contributed by atoms with Crippen molar-refractivity contribution in [3.8, 4) is 5.75 Å². The molecule has 1 aromatic carbocycles.